The van der Waals surface area contributed by atoms with Gasteiger partial charge in [0.25, 0.3) is 0 Å². The van der Waals surface area contributed by atoms with Crippen molar-refractivity contribution in [2.24, 2.45) is 0 Å². The van der Waals surface area contributed by atoms with Gasteiger partial charge in [0.1, 0.15) is 0 Å². The van der Waals surface area contributed by atoms with Crippen molar-refractivity contribution in [3.8, 4) is 5.88 Å². The SMILES string of the molecule is COc1nc(C2(c3cc4ncc(CNCCO)cc4cn3)C=CC=C(c3ccccc3Cl)C2Cl)ccc1CNC[C@@H]1CCC(=O)N1. The first-order valence-corrected chi connectivity index (χ1v) is 16.1. The zero-order chi connectivity index (χ0) is 32.1. The third-order valence-corrected chi connectivity index (χ3v) is 9.41. The fraction of sp³-hybridized carbons (Fsp3) is 0.314. The van der Waals surface area contributed by atoms with Gasteiger partial charge in [-0.15, -0.1) is 11.6 Å². The highest BCUT2D eigenvalue weighted by atomic mass is 35.5. The van der Waals surface area contributed by atoms with Gasteiger partial charge in [0.2, 0.25) is 11.8 Å². The summed E-state index contributed by atoms with van der Waals surface area (Å²) in [5.41, 5.74) is 4.69. The molecule has 0 saturated carbocycles. The number of allylic oxidation sites excluding steroid dienone is 4. The van der Waals surface area contributed by atoms with E-state index < -0.39 is 10.8 Å². The molecule has 1 aromatic carbocycles. The molecule has 0 bridgehead atoms. The second kappa shape index (κ2) is 14.3. The third kappa shape index (κ3) is 6.52. The van der Waals surface area contributed by atoms with Crippen molar-refractivity contribution < 1.29 is 14.6 Å². The number of methoxy groups -OCH3 is 1. The molecule has 4 N–H and O–H groups in total. The van der Waals surface area contributed by atoms with Gasteiger partial charge < -0.3 is 25.8 Å². The topological polar surface area (TPSA) is 121 Å². The van der Waals surface area contributed by atoms with Crippen LogP contribution in [0.25, 0.3) is 16.5 Å². The molecule has 1 fully saturated rings. The first kappa shape index (κ1) is 32.1. The molecule has 2 unspecified atom stereocenters. The molecule has 3 atom stereocenters. The summed E-state index contributed by atoms with van der Waals surface area (Å²) in [5.74, 6) is 0.569. The van der Waals surface area contributed by atoms with Gasteiger partial charge in [-0.2, -0.15) is 0 Å². The molecule has 0 radical (unpaired) electrons. The minimum atomic E-state index is -0.991. The molecule has 9 nitrogen and oxygen atoms in total. The van der Waals surface area contributed by atoms with Crippen molar-refractivity contribution in [3.05, 3.63) is 112 Å². The number of pyridine rings is 3. The van der Waals surface area contributed by atoms with E-state index in [9.17, 15) is 4.79 Å². The maximum Gasteiger partial charge on any atom is 0.220 e. The number of carbonyl (C=O) groups is 1. The van der Waals surface area contributed by atoms with Crippen molar-refractivity contribution >= 4 is 45.6 Å². The molecule has 1 amide bonds. The van der Waals surface area contributed by atoms with E-state index in [4.69, 9.17) is 48.0 Å². The van der Waals surface area contributed by atoms with E-state index in [0.29, 0.717) is 54.9 Å². The Morgan fingerprint density at radius 2 is 1.96 bits per heavy atom. The Hall–Kier alpha value is -3.86. The second-order valence-electron chi connectivity index (χ2n) is 11.5. The molecule has 1 aliphatic carbocycles. The lowest BCUT2D eigenvalue weighted by atomic mass is 9.70. The number of carbonyl (C=O) groups excluding carboxylic acids is 1. The Morgan fingerprint density at radius 3 is 2.74 bits per heavy atom. The average Bonchev–Trinajstić information content (AvgIpc) is 3.50. The normalized spacial score (nSPS) is 21.0. The van der Waals surface area contributed by atoms with Crippen LogP contribution in [-0.2, 0) is 23.3 Å². The van der Waals surface area contributed by atoms with Crippen molar-refractivity contribution in [2.45, 2.75) is 42.8 Å². The van der Waals surface area contributed by atoms with Gasteiger partial charge in [-0.05, 0) is 47.4 Å². The first-order chi connectivity index (χ1) is 22.4. The highest BCUT2D eigenvalue weighted by Gasteiger charge is 2.46. The molecular weight excluding hydrogens is 623 g/mol. The number of rotatable bonds is 12. The summed E-state index contributed by atoms with van der Waals surface area (Å²) in [7, 11) is 1.61. The van der Waals surface area contributed by atoms with Gasteiger partial charge in [-0.1, -0.05) is 54.1 Å². The molecule has 4 heterocycles. The van der Waals surface area contributed by atoms with Crippen LogP contribution in [0, 0.1) is 0 Å². The monoisotopic (exact) mass is 658 g/mol. The number of nitrogens with one attached hydrogen (secondary N) is 3. The number of aliphatic hydroxyl groups is 1. The highest BCUT2D eigenvalue weighted by Crippen LogP contribution is 2.48. The molecule has 4 aromatic rings. The molecule has 3 aromatic heterocycles. The predicted octanol–water partition coefficient (Wildman–Crippen LogP) is 4.68. The van der Waals surface area contributed by atoms with Crippen molar-refractivity contribution in [1.29, 1.82) is 0 Å². The molecule has 1 aliphatic heterocycles. The first-order valence-electron chi connectivity index (χ1n) is 15.3. The summed E-state index contributed by atoms with van der Waals surface area (Å²) in [6.45, 7) is 2.35. The Morgan fingerprint density at radius 1 is 1.09 bits per heavy atom. The highest BCUT2D eigenvalue weighted by molar-refractivity contribution is 6.34. The van der Waals surface area contributed by atoms with Gasteiger partial charge in [0.15, 0.2) is 0 Å². The molecule has 6 rings (SSSR count). The van der Waals surface area contributed by atoms with Gasteiger partial charge >= 0.3 is 0 Å². The smallest absolute Gasteiger partial charge is 0.220 e. The quantitative estimate of drug-likeness (QED) is 0.128. The maximum atomic E-state index is 11.6. The van der Waals surface area contributed by atoms with Gasteiger partial charge in [-0.3, -0.25) is 14.8 Å². The van der Waals surface area contributed by atoms with E-state index in [1.54, 1.807) is 7.11 Å². The fourth-order valence-corrected chi connectivity index (χ4v) is 6.86. The lowest BCUT2D eigenvalue weighted by molar-refractivity contribution is -0.119. The summed E-state index contributed by atoms with van der Waals surface area (Å²) in [4.78, 5) is 26.4. The van der Waals surface area contributed by atoms with Crippen LogP contribution in [0.2, 0.25) is 5.02 Å². The average molecular weight is 660 g/mol. The van der Waals surface area contributed by atoms with E-state index in [-0.39, 0.29) is 18.6 Å². The maximum absolute atomic E-state index is 11.6. The minimum absolute atomic E-state index is 0.0716. The second-order valence-corrected chi connectivity index (χ2v) is 12.3. The number of benzene rings is 1. The molecule has 2 aliphatic rings. The van der Waals surface area contributed by atoms with Crippen molar-refractivity contribution in [2.75, 3.05) is 26.8 Å². The molecule has 46 heavy (non-hydrogen) atoms. The molecule has 238 valence electrons. The molecular formula is C35H36Cl2N6O3. The van der Waals surface area contributed by atoms with Crippen LogP contribution in [0.1, 0.15) is 40.9 Å². The van der Waals surface area contributed by atoms with E-state index in [2.05, 4.69) is 16.0 Å². The number of hydrogen-bond acceptors (Lipinski definition) is 8. The van der Waals surface area contributed by atoms with Crippen LogP contribution in [0.4, 0.5) is 0 Å². The zero-order valence-corrected chi connectivity index (χ0v) is 27.0. The van der Waals surface area contributed by atoms with Crippen LogP contribution in [0.5, 0.6) is 5.88 Å². The number of aliphatic hydroxyl groups excluding tert-OH is 1. The fourth-order valence-electron chi connectivity index (χ4n) is 6.13. The van der Waals surface area contributed by atoms with E-state index in [1.165, 1.54) is 0 Å². The van der Waals surface area contributed by atoms with Crippen LogP contribution >= 0.6 is 23.2 Å². The van der Waals surface area contributed by atoms with Crippen LogP contribution in [0.15, 0.2) is 79.2 Å². The Balaban J connectivity index is 1.39. The largest absolute Gasteiger partial charge is 0.481 e. The number of ether oxygens (including phenoxy) is 1. The number of hydrogen-bond donors (Lipinski definition) is 4. The van der Waals surface area contributed by atoms with E-state index in [1.807, 2.05) is 79.2 Å². The summed E-state index contributed by atoms with van der Waals surface area (Å²) in [5, 5.41) is 19.6. The van der Waals surface area contributed by atoms with Gasteiger partial charge in [-0.25, -0.2) is 4.98 Å². The molecule has 1 saturated heterocycles. The molecule has 0 spiro atoms. The molecule has 11 heteroatoms. The standard InChI is InChI=1S/C35H36Cl2N6O3/c1-46-34-23(19-39-21-25-9-11-32(45)42-25)8-10-30(43-34)35(12-4-6-27(33(35)37)26-5-2-3-7-28(26)36)31-16-29-24(20-41-31)15-22(18-40-29)17-38-13-14-44/h2-8,10,12,15-16,18,20,25,33,38-39,44H,9,11,13-14,17,19,21H2,1H3,(H,42,45)/t25-,33?,35?/m0/s1. The van der Waals surface area contributed by atoms with Crippen molar-refractivity contribution in [3.63, 3.8) is 0 Å². The Kier molecular flexibility index (Phi) is 9.96. The van der Waals surface area contributed by atoms with Crippen LogP contribution in [-0.4, -0.2) is 64.2 Å². The summed E-state index contributed by atoms with van der Waals surface area (Å²) in [6.07, 6.45) is 11.0. The Bertz CT molecular complexity index is 1800. The van der Waals surface area contributed by atoms with Crippen LogP contribution in [0.3, 0.4) is 0 Å². The number of aromatic nitrogens is 3. The van der Waals surface area contributed by atoms with Gasteiger partial charge in [0.05, 0.1) is 41.4 Å². The van der Waals surface area contributed by atoms with E-state index >= 15 is 0 Å². The summed E-state index contributed by atoms with van der Waals surface area (Å²) < 4.78 is 5.81. The summed E-state index contributed by atoms with van der Waals surface area (Å²) in [6, 6.07) is 15.8. The predicted molar refractivity (Wildman–Crippen MR) is 181 cm³/mol. The zero-order valence-electron chi connectivity index (χ0n) is 25.5. The van der Waals surface area contributed by atoms with Gasteiger partial charge in [0, 0.05) is 67.0 Å². The minimum Gasteiger partial charge on any atom is -0.481 e. The number of alkyl halides is 1. The number of nitrogens with zero attached hydrogens (tertiary/aromatic N) is 3. The number of fused-ring (bicyclic) bond motifs is 1. The third-order valence-electron chi connectivity index (χ3n) is 8.50. The lowest BCUT2D eigenvalue weighted by Gasteiger charge is -2.38. The van der Waals surface area contributed by atoms with Crippen molar-refractivity contribution in [1.82, 2.24) is 30.9 Å². The number of amides is 1. The van der Waals surface area contributed by atoms with E-state index in [0.717, 1.165) is 39.6 Å². The summed E-state index contributed by atoms with van der Waals surface area (Å²) >= 11 is 14.2. The lowest BCUT2D eigenvalue weighted by Crippen LogP contribution is -2.40. The van der Waals surface area contributed by atoms with Crippen LogP contribution < -0.4 is 20.7 Å². The number of halogens is 2. The Labute approximate surface area is 278 Å².